The van der Waals surface area contributed by atoms with Gasteiger partial charge in [0.1, 0.15) is 17.2 Å². The first-order chi connectivity index (χ1) is 15.0. The number of esters is 1. The summed E-state index contributed by atoms with van der Waals surface area (Å²) < 4.78 is 12.7. The molecule has 0 saturated carbocycles. The number of carbonyl (C=O) groups is 2. The predicted molar refractivity (Wildman–Crippen MR) is 119 cm³/mol. The van der Waals surface area contributed by atoms with E-state index >= 15 is 0 Å². The summed E-state index contributed by atoms with van der Waals surface area (Å²) >= 11 is 2.37. The number of aromatic nitrogens is 4. The van der Waals surface area contributed by atoms with E-state index < -0.39 is 5.97 Å². The summed E-state index contributed by atoms with van der Waals surface area (Å²) in [6.07, 6.45) is 0. The molecule has 1 amide bonds. The van der Waals surface area contributed by atoms with Crippen LogP contribution < -0.4 is 10.1 Å². The van der Waals surface area contributed by atoms with Crippen molar-refractivity contribution in [3.05, 3.63) is 46.7 Å². The number of thioether (sulfide) groups is 1. The second kappa shape index (κ2) is 10.9. The van der Waals surface area contributed by atoms with Crippen LogP contribution in [0.1, 0.15) is 35.0 Å². The minimum Gasteiger partial charge on any atom is -0.486 e. The first kappa shape index (κ1) is 22.8. The van der Waals surface area contributed by atoms with Crippen LogP contribution in [-0.4, -0.2) is 44.0 Å². The normalized spacial score (nSPS) is 10.7. The Hall–Kier alpha value is -2.92. The lowest BCUT2D eigenvalue weighted by atomic mass is 10.3. The zero-order valence-corrected chi connectivity index (χ0v) is 19.1. The van der Waals surface area contributed by atoms with E-state index in [1.807, 2.05) is 41.8 Å². The van der Waals surface area contributed by atoms with Crippen molar-refractivity contribution in [3.63, 3.8) is 0 Å². The molecule has 31 heavy (non-hydrogen) atoms. The average molecular weight is 462 g/mol. The molecule has 0 fully saturated rings. The zero-order chi connectivity index (χ0) is 22.2. The van der Waals surface area contributed by atoms with Crippen LogP contribution in [0.2, 0.25) is 0 Å². The fourth-order valence-corrected chi connectivity index (χ4v) is 4.33. The van der Waals surface area contributed by atoms with Crippen molar-refractivity contribution in [2.75, 3.05) is 17.7 Å². The third-order valence-electron chi connectivity index (χ3n) is 4.06. The molecule has 1 N–H and O–H groups in total. The number of ether oxygens (including phenoxy) is 2. The van der Waals surface area contributed by atoms with Gasteiger partial charge in [-0.15, -0.1) is 10.2 Å². The third kappa shape index (κ3) is 6.05. The number of anilines is 1. The van der Waals surface area contributed by atoms with Gasteiger partial charge in [-0.2, -0.15) is 0 Å². The molecule has 164 valence electrons. The molecule has 0 aliphatic rings. The molecule has 2 heterocycles. The second-order valence-electron chi connectivity index (χ2n) is 6.24. The quantitative estimate of drug-likeness (QED) is 0.361. The van der Waals surface area contributed by atoms with Crippen molar-refractivity contribution < 1.29 is 19.1 Å². The van der Waals surface area contributed by atoms with E-state index in [0.29, 0.717) is 33.2 Å². The van der Waals surface area contributed by atoms with E-state index in [0.717, 1.165) is 17.1 Å². The van der Waals surface area contributed by atoms with E-state index in [-0.39, 0.29) is 24.9 Å². The molecule has 0 aliphatic heterocycles. The molecule has 9 nitrogen and oxygen atoms in total. The van der Waals surface area contributed by atoms with E-state index in [9.17, 15) is 9.59 Å². The summed E-state index contributed by atoms with van der Waals surface area (Å²) in [6, 6.07) is 9.48. The lowest BCUT2D eigenvalue weighted by molar-refractivity contribution is -0.113. The Morgan fingerprint density at radius 2 is 1.97 bits per heavy atom. The summed E-state index contributed by atoms with van der Waals surface area (Å²) in [7, 11) is 0. The highest BCUT2D eigenvalue weighted by Gasteiger charge is 2.18. The molecule has 3 rings (SSSR count). The van der Waals surface area contributed by atoms with Crippen molar-refractivity contribution in [2.45, 2.75) is 39.1 Å². The number of benzene rings is 1. The second-order valence-corrected chi connectivity index (χ2v) is 8.18. The molecule has 0 atom stereocenters. The van der Waals surface area contributed by atoms with E-state index in [1.165, 1.54) is 11.8 Å². The number of rotatable bonds is 10. The molecular weight excluding hydrogens is 438 g/mol. The van der Waals surface area contributed by atoms with Crippen LogP contribution in [0.25, 0.3) is 0 Å². The van der Waals surface area contributed by atoms with Crippen molar-refractivity contribution >= 4 is 40.1 Å². The number of thiazole rings is 1. The van der Waals surface area contributed by atoms with Crippen molar-refractivity contribution in [1.29, 1.82) is 0 Å². The standard InChI is InChI=1S/C20H23N5O4S2/c1-4-25-15(11-29-14-9-7-6-8-10-14)23-24-20(25)30-12-16(26)22-19-21-13(3)17(31-19)18(27)28-5-2/h6-10H,4-5,11-12H2,1-3H3,(H,21,22,26). The van der Waals surface area contributed by atoms with Crippen LogP contribution in [0.5, 0.6) is 5.75 Å². The Bertz CT molecular complexity index is 1040. The maximum absolute atomic E-state index is 12.4. The summed E-state index contributed by atoms with van der Waals surface area (Å²) in [5, 5.41) is 12.1. The van der Waals surface area contributed by atoms with Gasteiger partial charge < -0.3 is 19.4 Å². The molecule has 0 spiro atoms. The number of hydrogen-bond acceptors (Lipinski definition) is 9. The highest BCUT2D eigenvalue weighted by molar-refractivity contribution is 7.99. The topological polar surface area (TPSA) is 108 Å². The molecule has 2 aromatic heterocycles. The first-order valence-corrected chi connectivity index (χ1v) is 11.5. The highest BCUT2D eigenvalue weighted by atomic mass is 32.2. The number of carbonyl (C=O) groups excluding carboxylic acids is 2. The van der Waals surface area contributed by atoms with E-state index in [4.69, 9.17) is 9.47 Å². The third-order valence-corrected chi connectivity index (χ3v) is 6.08. The highest BCUT2D eigenvalue weighted by Crippen LogP contribution is 2.24. The molecule has 1 aromatic carbocycles. The minimum absolute atomic E-state index is 0.130. The fourth-order valence-electron chi connectivity index (χ4n) is 2.64. The Morgan fingerprint density at radius 3 is 2.68 bits per heavy atom. The Balaban J connectivity index is 1.56. The van der Waals surface area contributed by atoms with Gasteiger partial charge in [-0.1, -0.05) is 41.3 Å². The van der Waals surface area contributed by atoms with Crippen LogP contribution in [0.3, 0.4) is 0 Å². The van der Waals surface area contributed by atoms with Crippen molar-refractivity contribution in [3.8, 4) is 5.75 Å². The summed E-state index contributed by atoms with van der Waals surface area (Å²) in [5.74, 6) is 0.882. The average Bonchev–Trinajstić information content (AvgIpc) is 3.33. The van der Waals surface area contributed by atoms with Crippen LogP contribution in [0, 0.1) is 6.92 Å². The summed E-state index contributed by atoms with van der Waals surface area (Å²) in [4.78, 5) is 28.9. The molecule has 3 aromatic rings. The van der Waals surface area contributed by atoms with E-state index in [1.54, 1.807) is 13.8 Å². The largest absolute Gasteiger partial charge is 0.486 e. The number of nitrogens with one attached hydrogen (secondary N) is 1. The molecule has 0 unspecified atom stereocenters. The fraction of sp³-hybridized carbons (Fsp3) is 0.350. The number of nitrogens with zero attached hydrogens (tertiary/aromatic N) is 4. The maximum Gasteiger partial charge on any atom is 0.350 e. The Labute approximate surface area is 188 Å². The lowest BCUT2D eigenvalue weighted by Gasteiger charge is -2.08. The van der Waals surface area contributed by atoms with Crippen LogP contribution in [0.15, 0.2) is 35.5 Å². The van der Waals surface area contributed by atoms with Gasteiger partial charge in [0.05, 0.1) is 18.1 Å². The summed E-state index contributed by atoms with van der Waals surface area (Å²) in [6.45, 7) is 6.64. The number of hydrogen-bond donors (Lipinski definition) is 1. The van der Waals surface area contributed by atoms with Gasteiger partial charge in [0.2, 0.25) is 5.91 Å². The predicted octanol–water partition coefficient (Wildman–Crippen LogP) is 3.55. The van der Waals surface area contributed by atoms with Gasteiger partial charge in [-0.25, -0.2) is 9.78 Å². The van der Waals surface area contributed by atoms with E-state index in [2.05, 4.69) is 20.5 Å². The Kier molecular flexibility index (Phi) is 8.01. The zero-order valence-electron chi connectivity index (χ0n) is 17.5. The van der Waals surface area contributed by atoms with Gasteiger partial charge in [0.15, 0.2) is 16.1 Å². The molecule has 0 aliphatic carbocycles. The molecular formula is C20H23N5O4S2. The molecule has 0 bridgehead atoms. The van der Waals surface area contributed by atoms with Crippen LogP contribution in [-0.2, 0) is 22.7 Å². The van der Waals surface area contributed by atoms with Gasteiger partial charge in [-0.05, 0) is 32.9 Å². The number of aryl methyl sites for hydroxylation is 1. The number of amides is 1. The monoisotopic (exact) mass is 461 g/mol. The molecule has 0 radical (unpaired) electrons. The summed E-state index contributed by atoms with van der Waals surface area (Å²) in [5.41, 5.74) is 0.528. The maximum atomic E-state index is 12.4. The first-order valence-electron chi connectivity index (χ1n) is 9.68. The van der Waals surface area contributed by atoms with Crippen molar-refractivity contribution in [2.24, 2.45) is 0 Å². The Morgan fingerprint density at radius 1 is 1.19 bits per heavy atom. The SMILES string of the molecule is CCOC(=O)c1sc(NC(=O)CSc2nnc(COc3ccccc3)n2CC)nc1C. The lowest BCUT2D eigenvalue weighted by Crippen LogP contribution is -2.14. The van der Waals surface area contributed by atoms with Crippen molar-refractivity contribution in [1.82, 2.24) is 19.7 Å². The van der Waals surface area contributed by atoms with Gasteiger partial charge in [0.25, 0.3) is 0 Å². The van der Waals surface area contributed by atoms with Gasteiger partial charge in [-0.3, -0.25) is 4.79 Å². The van der Waals surface area contributed by atoms with Gasteiger partial charge >= 0.3 is 5.97 Å². The van der Waals surface area contributed by atoms with Gasteiger partial charge in [0, 0.05) is 6.54 Å². The molecule has 0 saturated heterocycles. The van der Waals surface area contributed by atoms with Crippen LogP contribution in [0.4, 0.5) is 5.13 Å². The molecule has 11 heteroatoms. The minimum atomic E-state index is -0.436. The number of para-hydroxylation sites is 1. The van der Waals surface area contributed by atoms with Crippen LogP contribution >= 0.6 is 23.1 Å². The smallest absolute Gasteiger partial charge is 0.350 e.